The fourth-order valence-corrected chi connectivity index (χ4v) is 5.02. The van der Waals surface area contributed by atoms with Crippen molar-refractivity contribution in [2.75, 3.05) is 12.4 Å². The zero-order chi connectivity index (χ0) is 23.0. The molecule has 1 aliphatic rings. The van der Waals surface area contributed by atoms with Crippen LogP contribution in [-0.2, 0) is 10.2 Å². The Morgan fingerprint density at radius 2 is 1.88 bits per heavy atom. The molecule has 1 aliphatic carbocycles. The number of carbonyl (C=O) groups excluding carboxylic acids is 1. The third-order valence-electron chi connectivity index (χ3n) is 6.71. The van der Waals surface area contributed by atoms with Crippen LogP contribution in [0.5, 0.6) is 5.75 Å². The molecule has 33 heavy (non-hydrogen) atoms. The van der Waals surface area contributed by atoms with E-state index in [1.165, 1.54) is 0 Å². The molecule has 4 aromatic rings. The molecular weight excluding hydrogens is 434 g/mol. The van der Waals surface area contributed by atoms with Gasteiger partial charge in [0.15, 0.2) is 0 Å². The fourth-order valence-electron chi connectivity index (χ4n) is 4.89. The smallest absolute Gasteiger partial charge is 0.235 e. The minimum atomic E-state index is -0.564. The van der Waals surface area contributed by atoms with Crippen molar-refractivity contribution in [3.8, 4) is 17.0 Å². The van der Waals surface area contributed by atoms with Gasteiger partial charge in [0.2, 0.25) is 5.91 Å². The lowest BCUT2D eigenvalue weighted by Gasteiger charge is -2.29. The van der Waals surface area contributed by atoms with E-state index in [1.54, 1.807) is 7.11 Å². The Kier molecular flexibility index (Phi) is 5.59. The Hall–Kier alpha value is -3.31. The number of methoxy groups -OCH3 is 1. The number of amides is 1. The van der Waals surface area contributed by atoms with E-state index in [9.17, 15) is 4.79 Å². The molecule has 0 unspecified atom stereocenters. The monoisotopic (exact) mass is 459 g/mol. The van der Waals surface area contributed by atoms with Gasteiger partial charge in [-0.05, 0) is 67.3 Å². The summed E-state index contributed by atoms with van der Waals surface area (Å²) in [6.07, 6.45) is 7.66. The number of fused-ring (bicyclic) bond motifs is 1. The fraction of sp³-hybridized carbons (Fsp3) is 0.259. The highest BCUT2D eigenvalue weighted by Crippen LogP contribution is 2.43. The molecule has 0 saturated heterocycles. The molecule has 0 atom stereocenters. The number of aromatic nitrogens is 2. The molecule has 2 heterocycles. The van der Waals surface area contributed by atoms with Crippen LogP contribution in [0.4, 0.5) is 5.69 Å². The minimum absolute atomic E-state index is 0.0105. The van der Waals surface area contributed by atoms with Crippen molar-refractivity contribution in [1.29, 1.82) is 0 Å². The summed E-state index contributed by atoms with van der Waals surface area (Å²) >= 11 is 6.10. The first-order chi connectivity index (χ1) is 16.0. The first kappa shape index (κ1) is 21.5. The van der Waals surface area contributed by atoms with E-state index in [1.807, 2.05) is 78.3 Å². The molecule has 0 radical (unpaired) electrons. The minimum Gasteiger partial charge on any atom is -0.495 e. The maximum Gasteiger partial charge on any atom is 0.235 e. The molecule has 2 aromatic heterocycles. The van der Waals surface area contributed by atoms with Crippen LogP contribution < -0.4 is 10.1 Å². The quantitative estimate of drug-likeness (QED) is 0.374. The highest BCUT2D eigenvalue weighted by molar-refractivity contribution is 6.30. The summed E-state index contributed by atoms with van der Waals surface area (Å²) in [5.41, 5.74) is 4.88. The van der Waals surface area contributed by atoms with E-state index in [4.69, 9.17) is 21.3 Å². The van der Waals surface area contributed by atoms with Crippen LogP contribution in [0.2, 0.25) is 5.02 Å². The van der Waals surface area contributed by atoms with Gasteiger partial charge in [-0.3, -0.25) is 4.79 Å². The van der Waals surface area contributed by atoms with Crippen LogP contribution in [0.3, 0.4) is 0 Å². The second kappa shape index (κ2) is 8.56. The molecule has 6 heteroatoms. The SMILES string of the molecule is COc1ccc(-c2cn3cccc(C)c3n2)cc1NC(=O)C1(c2ccc(Cl)cc2)CCCC1. The summed E-state index contributed by atoms with van der Waals surface area (Å²) in [5, 5.41) is 3.85. The number of hydrogen-bond acceptors (Lipinski definition) is 3. The van der Waals surface area contributed by atoms with Gasteiger partial charge in [-0.25, -0.2) is 4.98 Å². The zero-order valence-corrected chi connectivity index (χ0v) is 19.5. The van der Waals surface area contributed by atoms with E-state index in [-0.39, 0.29) is 5.91 Å². The highest BCUT2D eigenvalue weighted by Gasteiger charge is 2.43. The van der Waals surface area contributed by atoms with Crippen LogP contribution in [0, 0.1) is 6.92 Å². The Balaban J connectivity index is 1.51. The van der Waals surface area contributed by atoms with Crippen molar-refractivity contribution in [3.05, 3.63) is 83.1 Å². The highest BCUT2D eigenvalue weighted by atomic mass is 35.5. The van der Waals surface area contributed by atoms with Crippen LogP contribution >= 0.6 is 11.6 Å². The Morgan fingerprint density at radius 1 is 1.12 bits per heavy atom. The Morgan fingerprint density at radius 3 is 2.58 bits per heavy atom. The normalized spacial score (nSPS) is 15.0. The van der Waals surface area contributed by atoms with E-state index < -0.39 is 5.41 Å². The number of anilines is 1. The molecule has 1 amide bonds. The van der Waals surface area contributed by atoms with Gasteiger partial charge in [0.1, 0.15) is 11.4 Å². The molecule has 2 aromatic carbocycles. The number of hydrogen-bond donors (Lipinski definition) is 1. The summed E-state index contributed by atoms with van der Waals surface area (Å²) in [5.74, 6) is 0.611. The number of halogens is 1. The first-order valence-corrected chi connectivity index (χ1v) is 11.6. The molecule has 1 fully saturated rings. The van der Waals surface area contributed by atoms with E-state index in [0.717, 1.165) is 53.7 Å². The van der Waals surface area contributed by atoms with Crippen LogP contribution in [0.1, 0.15) is 36.8 Å². The lowest BCUT2D eigenvalue weighted by atomic mass is 9.78. The van der Waals surface area contributed by atoms with Crippen molar-refractivity contribution in [1.82, 2.24) is 9.38 Å². The molecule has 1 saturated carbocycles. The van der Waals surface area contributed by atoms with E-state index in [0.29, 0.717) is 16.5 Å². The lowest BCUT2D eigenvalue weighted by Crippen LogP contribution is -2.38. The molecule has 0 bridgehead atoms. The van der Waals surface area contributed by atoms with E-state index >= 15 is 0 Å². The third kappa shape index (κ3) is 3.87. The van der Waals surface area contributed by atoms with Gasteiger partial charge in [0.25, 0.3) is 0 Å². The molecule has 0 aliphatic heterocycles. The molecule has 1 N–H and O–H groups in total. The third-order valence-corrected chi connectivity index (χ3v) is 6.96. The molecule has 5 nitrogen and oxygen atoms in total. The van der Waals surface area contributed by atoms with Gasteiger partial charge in [0.05, 0.1) is 23.9 Å². The lowest BCUT2D eigenvalue weighted by molar-refractivity contribution is -0.121. The molecule has 5 rings (SSSR count). The molecule has 0 spiro atoms. The summed E-state index contributed by atoms with van der Waals surface area (Å²) in [6.45, 7) is 2.05. The zero-order valence-electron chi connectivity index (χ0n) is 18.8. The van der Waals surface area contributed by atoms with Gasteiger partial charge in [-0.15, -0.1) is 0 Å². The number of aryl methyl sites for hydroxylation is 1. The predicted molar refractivity (Wildman–Crippen MR) is 132 cm³/mol. The summed E-state index contributed by atoms with van der Waals surface area (Å²) < 4.78 is 7.59. The number of rotatable bonds is 5. The van der Waals surface area contributed by atoms with Crippen molar-refractivity contribution >= 4 is 28.8 Å². The van der Waals surface area contributed by atoms with E-state index in [2.05, 4.69) is 5.32 Å². The van der Waals surface area contributed by atoms with Gasteiger partial charge in [0, 0.05) is 23.0 Å². The average Bonchev–Trinajstić information content (AvgIpc) is 3.49. The number of nitrogens with zero attached hydrogens (tertiary/aromatic N) is 2. The Bertz CT molecular complexity index is 1320. The van der Waals surface area contributed by atoms with Crippen LogP contribution in [-0.4, -0.2) is 22.4 Å². The maximum absolute atomic E-state index is 13.7. The number of pyridine rings is 1. The largest absolute Gasteiger partial charge is 0.495 e. The summed E-state index contributed by atoms with van der Waals surface area (Å²) in [4.78, 5) is 18.5. The number of benzene rings is 2. The van der Waals surface area contributed by atoms with Gasteiger partial charge in [-0.2, -0.15) is 0 Å². The van der Waals surface area contributed by atoms with Crippen molar-refractivity contribution in [3.63, 3.8) is 0 Å². The summed E-state index contributed by atoms with van der Waals surface area (Å²) in [7, 11) is 1.61. The average molecular weight is 460 g/mol. The summed E-state index contributed by atoms with van der Waals surface area (Å²) in [6, 6.07) is 17.5. The standard InChI is InChI=1S/C27H26ClN3O2/c1-18-6-5-15-31-17-23(29-25(18)31)19-7-12-24(33-2)22(16-19)30-26(32)27(13-3-4-14-27)20-8-10-21(28)11-9-20/h5-12,15-17H,3-4,13-14H2,1-2H3,(H,30,32). The van der Waals surface area contributed by atoms with Crippen LogP contribution in [0.15, 0.2) is 67.0 Å². The van der Waals surface area contributed by atoms with Crippen molar-refractivity contribution in [2.45, 2.75) is 38.0 Å². The number of nitrogens with one attached hydrogen (secondary N) is 1. The van der Waals surface area contributed by atoms with Crippen LogP contribution in [0.25, 0.3) is 16.9 Å². The first-order valence-electron chi connectivity index (χ1n) is 11.2. The second-order valence-corrected chi connectivity index (χ2v) is 9.15. The van der Waals surface area contributed by atoms with Gasteiger partial charge in [-0.1, -0.05) is 42.6 Å². The number of ether oxygens (including phenoxy) is 1. The second-order valence-electron chi connectivity index (χ2n) is 8.71. The van der Waals surface area contributed by atoms with Gasteiger partial charge < -0.3 is 14.5 Å². The molecule has 168 valence electrons. The number of carbonyl (C=O) groups is 1. The van der Waals surface area contributed by atoms with Crippen molar-refractivity contribution < 1.29 is 9.53 Å². The predicted octanol–water partition coefficient (Wildman–Crippen LogP) is 6.42. The topological polar surface area (TPSA) is 55.6 Å². The Labute approximate surface area is 198 Å². The molecular formula is C27H26ClN3O2. The maximum atomic E-state index is 13.7. The van der Waals surface area contributed by atoms with Gasteiger partial charge >= 0.3 is 0 Å². The van der Waals surface area contributed by atoms with Crippen molar-refractivity contribution in [2.24, 2.45) is 0 Å². The number of imidazole rings is 1.